The lowest BCUT2D eigenvalue weighted by Gasteiger charge is -2.33. The third-order valence-electron chi connectivity index (χ3n) is 4.47. The maximum absolute atomic E-state index is 12.5. The molecule has 3 N–H and O–H groups in total. The van der Waals surface area contributed by atoms with Crippen LogP contribution < -0.4 is 11.1 Å². The minimum Gasteiger partial charge on any atom is -0.369 e. The topological polar surface area (TPSA) is 114 Å². The smallest absolute Gasteiger partial charge is 0.275 e. The summed E-state index contributed by atoms with van der Waals surface area (Å²) in [7, 11) is 1.60. The normalized spacial score (nSPS) is 19.3. The van der Waals surface area contributed by atoms with Gasteiger partial charge in [0, 0.05) is 12.7 Å². The number of rotatable bonds is 5. The van der Waals surface area contributed by atoms with Gasteiger partial charge in [0.25, 0.3) is 5.91 Å². The van der Waals surface area contributed by atoms with Crippen LogP contribution in [0, 0.1) is 0 Å². The van der Waals surface area contributed by atoms with Crippen molar-refractivity contribution in [3.05, 3.63) is 47.9 Å². The number of guanidine groups is 1. The van der Waals surface area contributed by atoms with E-state index in [0.717, 1.165) is 16.3 Å². The summed E-state index contributed by atoms with van der Waals surface area (Å²) < 4.78 is 0. The number of hydrogen-bond donors (Lipinski definition) is 2. The predicted molar refractivity (Wildman–Crippen MR) is 109 cm³/mol. The summed E-state index contributed by atoms with van der Waals surface area (Å²) in [5, 5.41) is 3.59. The van der Waals surface area contributed by atoms with Gasteiger partial charge in [-0.2, -0.15) is 0 Å². The van der Waals surface area contributed by atoms with Crippen LogP contribution in [0.25, 0.3) is 0 Å². The summed E-state index contributed by atoms with van der Waals surface area (Å²) in [6.45, 7) is 3.87. The van der Waals surface area contributed by atoms with E-state index in [2.05, 4.69) is 20.3 Å². The van der Waals surface area contributed by atoms with Gasteiger partial charge in [-0.1, -0.05) is 19.1 Å². The molecular formula is C19H22N6O2S. The summed E-state index contributed by atoms with van der Waals surface area (Å²) in [5.74, 6) is 0.598. The number of aliphatic imine (C=N–C) groups is 1. The fourth-order valence-electron chi connectivity index (χ4n) is 2.86. The Morgan fingerprint density at radius 3 is 2.79 bits per heavy atom. The molecule has 0 fully saturated rings. The van der Waals surface area contributed by atoms with Gasteiger partial charge in [0.1, 0.15) is 10.7 Å². The van der Waals surface area contributed by atoms with E-state index in [9.17, 15) is 9.59 Å². The monoisotopic (exact) mass is 398 g/mol. The Hall–Kier alpha value is -2.94. The zero-order chi connectivity index (χ0) is 20.3. The molecule has 8 nitrogen and oxygen atoms in total. The number of carbonyl (C=O) groups excluding carboxylic acids is 2. The fourth-order valence-corrected chi connectivity index (χ4v) is 3.41. The van der Waals surface area contributed by atoms with Crippen molar-refractivity contribution in [3.63, 3.8) is 0 Å². The van der Waals surface area contributed by atoms with E-state index >= 15 is 0 Å². The van der Waals surface area contributed by atoms with E-state index in [0.29, 0.717) is 5.69 Å². The summed E-state index contributed by atoms with van der Waals surface area (Å²) in [5.41, 5.74) is 6.69. The first-order chi connectivity index (χ1) is 13.3. The highest BCUT2D eigenvalue weighted by molar-refractivity contribution is 7.99. The Morgan fingerprint density at radius 1 is 1.36 bits per heavy atom. The molecule has 0 radical (unpaired) electrons. The third-order valence-corrected chi connectivity index (χ3v) is 5.27. The number of nitrogens with two attached hydrogens (primary N) is 1. The molecular weight excluding hydrogens is 376 g/mol. The van der Waals surface area contributed by atoms with Gasteiger partial charge in [0.05, 0.1) is 24.4 Å². The number of amides is 2. The summed E-state index contributed by atoms with van der Waals surface area (Å²) in [6.07, 6.45) is 3.24. The van der Waals surface area contributed by atoms with Gasteiger partial charge < -0.3 is 11.1 Å². The van der Waals surface area contributed by atoms with Crippen molar-refractivity contribution in [2.45, 2.75) is 30.8 Å². The lowest BCUT2D eigenvalue weighted by atomic mass is 9.87. The maximum atomic E-state index is 12.5. The molecule has 1 aliphatic rings. The van der Waals surface area contributed by atoms with Crippen molar-refractivity contribution in [2.24, 2.45) is 10.7 Å². The lowest BCUT2D eigenvalue weighted by molar-refractivity contribution is -0.128. The molecule has 2 heterocycles. The van der Waals surface area contributed by atoms with Crippen LogP contribution >= 0.6 is 11.8 Å². The number of thioether (sulfide) groups is 1. The minimum atomic E-state index is -0.784. The van der Waals surface area contributed by atoms with Crippen LogP contribution in [0.5, 0.6) is 0 Å². The van der Waals surface area contributed by atoms with E-state index in [4.69, 9.17) is 5.73 Å². The predicted octanol–water partition coefficient (Wildman–Crippen LogP) is 2.23. The van der Waals surface area contributed by atoms with E-state index < -0.39 is 5.54 Å². The van der Waals surface area contributed by atoms with Gasteiger partial charge in [0.2, 0.25) is 5.91 Å². The molecule has 0 bridgehead atoms. The van der Waals surface area contributed by atoms with Gasteiger partial charge in [-0.05, 0) is 30.4 Å². The molecule has 1 atom stereocenters. The van der Waals surface area contributed by atoms with Crippen molar-refractivity contribution in [1.82, 2.24) is 14.9 Å². The number of aromatic nitrogens is 2. The largest absolute Gasteiger partial charge is 0.369 e. The molecule has 3 rings (SSSR count). The van der Waals surface area contributed by atoms with Crippen LogP contribution in [-0.2, 0) is 10.3 Å². The third kappa shape index (κ3) is 4.14. The lowest BCUT2D eigenvalue weighted by Crippen LogP contribution is -2.47. The van der Waals surface area contributed by atoms with Crippen LogP contribution in [0.2, 0.25) is 0 Å². The molecule has 0 aliphatic carbocycles. The summed E-state index contributed by atoms with van der Waals surface area (Å²) in [6, 6.07) is 7.23. The molecule has 1 unspecified atom stereocenters. The Labute approximate surface area is 167 Å². The first kappa shape index (κ1) is 19.8. The van der Waals surface area contributed by atoms with Gasteiger partial charge >= 0.3 is 0 Å². The van der Waals surface area contributed by atoms with Crippen LogP contribution in [-0.4, -0.2) is 45.4 Å². The highest BCUT2D eigenvalue weighted by Crippen LogP contribution is 2.34. The number of carbonyl (C=O) groups is 2. The van der Waals surface area contributed by atoms with Gasteiger partial charge in [0.15, 0.2) is 5.96 Å². The summed E-state index contributed by atoms with van der Waals surface area (Å²) in [4.78, 5) is 38.9. The van der Waals surface area contributed by atoms with Crippen molar-refractivity contribution in [2.75, 3.05) is 18.1 Å². The highest BCUT2D eigenvalue weighted by Gasteiger charge is 2.36. The van der Waals surface area contributed by atoms with Crippen LogP contribution in [0.15, 0.2) is 46.7 Å². The van der Waals surface area contributed by atoms with Gasteiger partial charge in [-0.25, -0.2) is 15.0 Å². The number of nitrogens with one attached hydrogen (secondary N) is 1. The Bertz CT molecular complexity index is 930. The minimum absolute atomic E-state index is 0.107. The number of hydrogen-bond acceptors (Lipinski definition) is 7. The zero-order valence-corrected chi connectivity index (χ0v) is 16.8. The highest BCUT2D eigenvalue weighted by atomic mass is 32.2. The molecule has 9 heteroatoms. The molecule has 28 heavy (non-hydrogen) atoms. The molecule has 2 aromatic rings. The van der Waals surface area contributed by atoms with Crippen molar-refractivity contribution >= 4 is 35.2 Å². The second kappa shape index (κ2) is 7.97. The number of anilines is 1. The molecule has 1 aromatic heterocycles. The molecule has 1 aliphatic heterocycles. The quantitative estimate of drug-likeness (QED) is 0.747. The first-order valence-corrected chi connectivity index (χ1v) is 9.79. The van der Waals surface area contributed by atoms with Gasteiger partial charge in [-0.15, -0.1) is 11.8 Å². The average Bonchev–Trinajstić information content (AvgIpc) is 2.67. The maximum Gasteiger partial charge on any atom is 0.275 e. The molecule has 0 saturated carbocycles. The molecule has 0 spiro atoms. The van der Waals surface area contributed by atoms with Crippen LogP contribution in [0.1, 0.15) is 36.3 Å². The Balaban J connectivity index is 1.80. The van der Waals surface area contributed by atoms with Crippen LogP contribution in [0.3, 0.4) is 0 Å². The molecule has 2 amide bonds. The fraction of sp³-hybridized carbons (Fsp3) is 0.316. The van der Waals surface area contributed by atoms with E-state index in [1.54, 1.807) is 43.2 Å². The standard InChI is InChI=1S/C19H22N6O2S/c1-4-28-15-11-21-14(10-22-15)17(27)23-13-7-5-6-12(8-13)19(2)9-16(26)25(3)18(20)24-19/h5-8,10-11H,4,9H2,1-3H3,(H2,20,24)(H,23,27). The number of nitrogens with zero attached hydrogens (tertiary/aromatic N) is 4. The average molecular weight is 398 g/mol. The van der Waals surface area contributed by atoms with Crippen LogP contribution in [0.4, 0.5) is 5.69 Å². The Morgan fingerprint density at radius 2 is 2.14 bits per heavy atom. The summed E-state index contributed by atoms with van der Waals surface area (Å²) >= 11 is 1.56. The molecule has 1 aromatic carbocycles. The second-order valence-electron chi connectivity index (χ2n) is 6.58. The van der Waals surface area contributed by atoms with Crippen molar-refractivity contribution < 1.29 is 9.59 Å². The van der Waals surface area contributed by atoms with E-state index in [-0.39, 0.29) is 29.9 Å². The second-order valence-corrected chi connectivity index (χ2v) is 7.87. The zero-order valence-electron chi connectivity index (χ0n) is 16.0. The SMILES string of the molecule is CCSc1cnc(C(=O)Nc2cccc(C3(C)CC(=O)N(C)C(N)=N3)c2)cn1. The number of benzene rings is 1. The van der Waals surface area contributed by atoms with Crippen molar-refractivity contribution in [1.29, 1.82) is 0 Å². The van der Waals surface area contributed by atoms with E-state index in [1.165, 1.54) is 11.1 Å². The first-order valence-electron chi connectivity index (χ1n) is 8.81. The van der Waals surface area contributed by atoms with E-state index in [1.807, 2.05) is 19.9 Å². The van der Waals surface area contributed by atoms with Gasteiger partial charge in [-0.3, -0.25) is 14.5 Å². The van der Waals surface area contributed by atoms with Crippen molar-refractivity contribution in [3.8, 4) is 0 Å². The Kier molecular flexibility index (Phi) is 5.64. The molecule has 146 valence electrons. The molecule has 0 saturated heterocycles.